The van der Waals surface area contributed by atoms with E-state index in [4.69, 9.17) is 14.1 Å². The van der Waals surface area contributed by atoms with Gasteiger partial charge in [-0.25, -0.2) is 4.98 Å². The summed E-state index contributed by atoms with van der Waals surface area (Å²) in [5.74, 6) is 1.10. The van der Waals surface area contributed by atoms with Gasteiger partial charge in [0.2, 0.25) is 5.91 Å². The highest BCUT2D eigenvalue weighted by Crippen LogP contribution is 2.39. The first-order chi connectivity index (χ1) is 14.7. The van der Waals surface area contributed by atoms with Gasteiger partial charge in [-0.05, 0) is 55.5 Å². The van der Waals surface area contributed by atoms with Gasteiger partial charge in [-0.1, -0.05) is 40.2 Å². The highest BCUT2D eigenvalue weighted by molar-refractivity contribution is 9.10. The van der Waals surface area contributed by atoms with Crippen molar-refractivity contribution in [2.24, 2.45) is 0 Å². The number of fused-ring (bicyclic) bond motifs is 1. The lowest BCUT2D eigenvalue weighted by atomic mass is 9.72. The first kappa shape index (κ1) is 19.8. The van der Waals surface area contributed by atoms with Crippen LogP contribution in [0.4, 0.5) is 0 Å². The Morgan fingerprint density at radius 3 is 2.63 bits per heavy atom. The zero-order chi connectivity index (χ0) is 20.6. The predicted molar refractivity (Wildman–Crippen MR) is 118 cm³/mol. The normalized spacial score (nSPS) is 21.6. The van der Waals surface area contributed by atoms with Crippen LogP contribution < -0.4 is 0 Å². The minimum absolute atomic E-state index is 0.136. The Morgan fingerprint density at radius 1 is 1.10 bits per heavy atom. The van der Waals surface area contributed by atoms with Crippen molar-refractivity contribution in [3.63, 3.8) is 0 Å². The van der Waals surface area contributed by atoms with Gasteiger partial charge in [0.05, 0.1) is 11.3 Å². The lowest BCUT2D eigenvalue weighted by Gasteiger charge is -2.42. The Labute approximate surface area is 184 Å². The number of benzene rings is 2. The van der Waals surface area contributed by atoms with Crippen LogP contribution in [0.15, 0.2) is 57.4 Å². The number of hydrogen-bond donors (Lipinski definition) is 0. The summed E-state index contributed by atoms with van der Waals surface area (Å²) in [5.41, 5.74) is 2.27. The van der Waals surface area contributed by atoms with Gasteiger partial charge in [0.15, 0.2) is 11.5 Å². The number of halogens is 1. The van der Waals surface area contributed by atoms with Crippen LogP contribution in [-0.4, -0.2) is 42.1 Å². The van der Waals surface area contributed by atoms with E-state index in [-0.39, 0.29) is 11.8 Å². The molecule has 5 rings (SSSR count). The van der Waals surface area contributed by atoms with Crippen LogP contribution in [0, 0.1) is 0 Å². The molecule has 0 bridgehead atoms. The largest absolute Gasteiger partial charge is 0.440 e. The van der Waals surface area contributed by atoms with E-state index in [2.05, 4.69) is 28.1 Å². The Kier molecular flexibility index (Phi) is 5.37. The first-order valence-corrected chi connectivity index (χ1v) is 11.4. The lowest BCUT2D eigenvalue weighted by molar-refractivity contribution is -0.142. The predicted octanol–water partition coefficient (Wildman–Crippen LogP) is 5.04. The third-order valence-electron chi connectivity index (χ3n) is 6.52. The molecule has 0 saturated carbocycles. The molecule has 2 aliphatic heterocycles. The molecule has 0 spiro atoms. The number of piperidine rings is 1. The Morgan fingerprint density at radius 2 is 1.87 bits per heavy atom. The maximum Gasteiger partial charge on any atom is 0.233 e. The highest BCUT2D eigenvalue weighted by Gasteiger charge is 2.45. The molecule has 3 heterocycles. The fraction of sp³-hybridized carbons (Fsp3) is 0.417. The zero-order valence-electron chi connectivity index (χ0n) is 16.9. The molecule has 156 valence electrons. The summed E-state index contributed by atoms with van der Waals surface area (Å²) in [6.07, 6.45) is 3.39. The summed E-state index contributed by atoms with van der Waals surface area (Å²) in [7, 11) is 0. The number of ether oxygens (including phenoxy) is 1. The van der Waals surface area contributed by atoms with Crippen molar-refractivity contribution in [1.29, 1.82) is 0 Å². The van der Waals surface area contributed by atoms with Crippen molar-refractivity contribution in [3.05, 3.63) is 64.5 Å². The van der Waals surface area contributed by atoms with Gasteiger partial charge in [-0.2, -0.15) is 0 Å². The second kappa shape index (κ2) is 8.16. The van der Waals surface area contributed by atoms with Crippen molar-refractivity contribution in [2.45, 2.75) is 37.0 Å². The van der Waals surface area contributed by atoms with Crippen molar-refractivity contribution >= 4 is 32.9 Å². The number of oxazole rings is 1. The molecule has 1 atom stereocenters. The Bertz CT molecular complexity index is 1010. The number of rotatable bonds is 3. The number of para-hydroxylation sites is 2. The standard InChI is InChI=1S/C24H25BrN2O3/c25-19-9-7-18(8-10-19)24(11-14-29-15-12-24)23(28)27-13-3-4-17(16-27)22-26-20-5-1-2-6-21(20)30-22/h1-2,5-10,17H,3-4,11-16H2. The highest BCUT2D eigenvalue weighted by atomic mass is 79.9. The van der Waals surface area contributed by atoms with E-state index in [0.29, 0.717) is 19.8 Å². The van der Waals surface area contributed by atoms with E-state index in [0.717, 1.165) is 59.3 Å². The second-order valence-corrected chi connectivity index (χ2v) is 9.23. The molecule has 1 amide bonds. The topological polar surface area (TPSA) is 55.6 Å². The molecule has 3 aromatic rings. The van der Waals surface area contributed by atoms with Gasteiger partial charge in [-0.3, -0.25) is 4.79 Å². The molecule has 2 aromatic carbocycles. The van der Waals surface area contributed by atoms with E-state index >= 15 is 0 Å². The lowest BCUT2D eigenvalue weighted by Crippen LogP contribution is -2.52. The molecular formula is C24H25BrN2O3. The van der Waals surface area contributed by atoms with Gasteiger partial charge in [-0.15, -0.1) is 0 Å². The molecule has 5 nitrogen and oxygen atoms in total. The van der Waals surface area contributed by atoms with E-state index in [1.54, 1.807) is 0 Å². The molecule has 30 heavy (non-hydrogen) atoms. The quantitative estimate of drug-likeness (QED) is 0.539. The number of carbonyl (C=O) groups is 1. The Hall–Kier alpha value is -2.18. The monoisotopic (exact) mass is 468 g/mol. The van der Waals surface area contributed by atoms with Crippen molar-refractivity contribution in [2.75, 3.05) is 26.3 Å². The van der Waals surface area contributed by atoms with Crippen LogP contribution >= 0.6 is 15.9 Å². The molecule has 2 saturated heterocycles. The molecule has 1 aromatic heterocycles. The zero-order valence-corrected chi connectivity index (χ0v) is 18.4. The molecule has 0 N–H and O–H groups in total. The third kappa shape index (κ3) is 3.56. The van der Waals surface area contributed by atoms with Crippen LogP contribution in [0.5, 0.6) is 0 Å². The number of likely N-dealkylation sites (tertiary alicyclic amines) is 1. The molecule has 6 heteroatoms. The van der Waals surface area contributed by atoms with Crippen molar-refractivity contribution in [1.82, 2.24) is 9.88 Å². The summed E-state index contributed by atoms with van der Waals surface area (Å²) in [4.78, 5) is 20.7. The molecule has 1 unspecified atom stereocenters. The van der Waals surface area contributed by atoms with Crippen LogP contribution in [0.2, 0.25) is 0 Å². The van der Waals surface area contributed by atoms with Gasteiger partial charge < -0.3 is 14.1 Å². The van der Waals surface area contributed by atoms with E-state index < -0.39 is 5.41 Å². The summed E-state index contributed by atoms with van der Waals surface area (Å²) >= 11 is 3.51. The fourth-order valence-corrected chi connectivity index (χ4v) is 5.11. The smallest absolute Gasteiger partial charge is 0.233 e. The van der Waals surface area contributed by atoms with Crippen LogP contribution in [0.3, 0.4) is 0 Å². The molecule has 2 aliphatic rings. The Balaban J connectivity index is 1.42. The third-order valence-corrected chi connectivity index (χ3v) is 7.05. The molecular weight excluding hydrogens is 444 g/mol. The minimum atomic E-state index is -0.512. The average molecular weight is 469 g/mol. The fourth-order valence-electron chi connectivity index (χ4n) is 4.85. The number of aromatic nitrogens is 1. The SMILES string of the molecule is O=C(N1CCCC(c2nc3ccccc3o2)C1)C1(c2ccc(Br)cc2)CCOCC1. The second-order valence-electron chi connectivity index (χ2n) is 8.31. The number of amides is 1. The van der Waals surface area contributed by atoms with Crippen molar-refractivity contribution in [3.8, 4) is 0 Å². The average Bonchev–Trinajstić information content (AvgIpc) is 3.24. The summed E-state index contributed by atoms with van der Waals surface area (Å²) in [6.45, 7) is 2.67. The number of carbonyl (C=O) groups excluding carboxylic acids is 1. The molecule has 2 fully saturated rings. The summed E-state index contributed by atoms with van der Waals surface area (Å²) in [6, 6.07) is 16.1. The maximum absolute atomic E-state index is 13.9. The van der Waals surface area contributed by atoms with E-state index in [9.17, 15) is 4.79 Å². The van der Waals surface area contributed by atoms with Gasteiger partial charge in [0.25, 0.3) is 0 Å². The summed E-state index contributed by atoms with van der Waals surface area (Å²) < 4.78 is 12.7. The minimum Gasteiger partial charge on any atom is -0.440 e. The maximum atomic E-state index is 13.9. The van der Waals surface area contributed by atoms with Crippen LogP contribution in [-0.2, 0) is 14.9 Å². The molecule has 0 radical (unpaired) electrons. The van der Waals surface area contributed by atoms with Gasteiger partial charge in [0, 0.05) is 30.8 Å². The van der Waals surface area contributed by atoms with Crippen LogP contribution in [0.25, 0.3) is 11.1 Å². The van der Waals surface area contributed by atoms with Crippen LogP contribution in [0.1, 0.15) is 43.1 Å². The molecule has 0 aliphatic carbocycles. The number of nitrogens with zero attached hydrogens (tertiary/aromatic N) is 2. The van der Waals surface area contributed by atoms with Crippen molar-refractivity contribution < 1.29 is 13.9 Å². The summed E-state index contributed by atoms with van der Waals surface area (Å²) in [5, 5.41) is 0. The number of hydrogen-bond acceptors (Lipinski definition) is 4. The van der Waals surface area contributed by atoms with Gasteiger partial charge >= 0.3 is 0 Å². The van der Waals surface area contributed by atoms with E-state index in [1.165, 1.54) is 0 Å². The van der Waals surface area contributed by atoms with E-state index in [1.807, 2.05) is 41.3 Å². The first-order valence-electron chi connectivity index (χ1n) is 10.6. The van der Waals surface area contributed by atoms with Gasteiger partial charge in [0.1, 0.15) is 5.52 Å².